The summed E-state index contributed by atoms with van der Waals surface area (Å²) in [5.41, 5.74) is 4.25. The molecular weight excluding hydrogens is 687 g/mol. The van der Waals surface area contributed by atoms with Crippen LogP contribution in [0, 0.1) is 5.92 Å². The second-order valence-corrected chi connectivity index (χ2v) is 15.2. The van der Waals surface area contributed by atoms with Gasteiger partial charge in [0, 0.05) is 78.9 Å². The SMILES string of the molecule is COc1nc(-c2cccc(-c3cccc(C4C=CN5C(=O)C(CN[C@H]6C[C@](C)(O)C6)[C@@H](C)N=C5C4)c3Cl)c2Cl)ccc1CNC[C@@H]1CCC(=O)N1. The molecule has 2 amide bonds. The zero-order chi connectivity index (χ0) is 35.9. The summed E-state index contributed by atoms with van der Waals surface area (Å²) in [6, 6.07) is 15.9. The molecule has 3 aromatic rings. The highest BCUT2D eigenvalue weighted by Gasteiger charge is 2.41. The lowest BCUT2D eigenvalue weighted by molar-refractivity contribution is -0.131. The van der Waals surface area contributed by atoms with Crippen LogP contribution >= 0.6 is 23.2 Å². The number of hydrogen-bond acceptors (Lipinski definition) is 8. The van der Waals surface area contributed by atoms with E-state index >= 15 is 0 Å². The molecule has 51 heavy (non-hydrogen) atoms. The molecule has 0 radical (unpaired) electrons. The van der Waals surface area contributed by atoms with Gasteiger partial charge in [-0.05, 0) is 44.7 Å². The van der Waals surface area contributed by atoms with Crippen molar-refractivity contribution in [2.75, 3.05) is 20.2 Å². The number of allylic oxidation sites excluding steroid dienone is 1. The van der Waals surface area contributed by atoms with Crippen molar-refractivity contribution in [2.45, 2.75) is 82.1 Å². The van der Waals surface area contributed by atoms with E-state index in [-0.39, 0.29) is 41.8 Å². The predicted molar refractivity (Wildman–Crippen MR) is 200 cm³/mol. The summed E-state index contributed by atoms with van der Waals surface area (Å²) in [6.07, 6.45) is 7.21. The number of ether oxygens (including phenoxy) is 1. The number of aliphatic imine (C=N–C) groups is 1. The summed E-state index contributed by atoms with van der Waals surface area (Å²) in [6.45, 7) is 5.60. The third-order valence-corrected chi connectivity index (χ3v) is 11.4. The van der Waals surface area contributed by atoms with Gasteiger partial charge in [-0.15, -0.1) is 0 Å². The maximum atomic E-state index is 13.6. The average Bonchev–Trinajstić information content (AvgIpc) is 3.52. The third-order valence-electron chi connectivity index (χ3n) is 10.6. The van der Waals surface area contributed by atoms with Gasteiger partial charge < -0.3 is 25.8 Å². The monoisotopic (exact) mass is 730 g/mol. The van der Waals surface area contributed by atoms with Crippen molar-refractivity contribution in [1.29, 1.82) is 0 Å². The lowest BCUT2D eigenvalue weighted by Crippen LogP contribution is -2.56. The fourth-order valence-corrected chi connectivity index (χ4v) is 8.39. The molecule has 7 rings (SSSR count). The van der Waals surface area contributed by atoms with Crippen LogP contribution in [0.4, 0.5) is 0 Å². The first-order valence-corrected chi connectivity index (χ1v) is 18.4. The number of nitrogens with zero attached hydrogens (tertiary/aromatic N) is 3. The minimum absolute atomic E-state index is 0.0397. The minimum atomic E-state index is -0.615. The van der Waals surface area contributed by atoms with Gasteiger partial charge in [-0.25, -0.2) is 4.98 Å². The van der Waals surface area contributed by atoms with Crippen molar-refractivity contribution in [3.05, 3.63) is 82.0 Å². The summed E-state index contributed by atoms with van der Waals surface area (Å²) < 4.78 is 5.66. The van der Waals surface area contributed by atoms with Crippen LogP contribution in [0.15, 0.2) is 65.8 Å². The maximum absolute atomic E-state index is 13.6. The molecule has 4 aliphatic rings. The molecule has 2 fully saturated rings. The quantitative estimate of drug-likeness (QED) is 0.195. The average molecular weight is 732 g/mol. The molecule has 0 spiro atoms. The molecule has 1 aliphatic carbocycles. The molecule has 4 heterocycles. The van der Waals surface area contributed by atoms with Crippen molar-refractivity contribution >= 4 is 40.9 Å². The maximum Gasteiger partial charge on any atom is 0.238 e. The van der Waals surface area contributed by atoms with Crippen LogP contribution in [0.2, 0.25) is 10.0 Å². The first kappa shape index (κ1) is 35.6. The molecule has 10 nitrogen and oxygen atoms in total. The zero-order valence-corrected chi connectivity index (χ0v) is 30.6. The highest BCUT2D eigenvalue weighted by Crippen LogP contribution is 2.43. The Morgan fingerprint density at radius 2 is 1.78 bits per heavy atom. The van der Waals surface area contributed by atoms with Gasteiger partial charge in [-0.2, -0.15) is 0 Å². The Kier molecular flexibility index (Phi) is 10.2. The molecule has 2 unspecified atom stereocenters. The third kappa shape index (κ3) is 7.43. The number of hydrogen-bond donors (Lipinski definition) is 4. The smallest absolute Gasteiger partial charge is 0.238 e. The van der Waals surface area contributed by atoms with Crippen LogP contribution in [0.5, 0.6) is 5.88 Å². The van der Waals surface area contributed by atoms with Crippen LogP contribution in [0.3, 0.4) is 0 Å². The Morgan fingerprint density at radius 3 is 2.51 bits per heavy atom. The summed E-state index contributed by atoms with van der Waals surface area (Å²) in [4.78, 5) is 36.5. The Bertz CT molecular complexity index is 1890. The second-order valence-electron chi connectivity index (χ2n) is 14.4. The lowest BCUT2D eigenvalue weighted by Gasteiger charge is -2.43. The Hall–Kier alpha value is -3.80. The number of aliphatic hydroxyl groups is 1. The van der Waals surface area contributed by atoms with Crippen LogP contribution in [0.1, 0.15) is 63.0 Å². The number of amides is 2. The van der Waals surface area contributed by atoms with Gasteiger partial charge in [-0.1, -0.05) is 71.7 Å². The first-order chi connectivity index (χ1) is 24.5. The first-order valence-electron chi connectivity index (χ1n) is 17.7. The number of halogens is 2. The van der Waals surface area contributed by atoms with Crippen LogP contribution in [-0.2, 0) is 16.1 Å². The molecule has 12 heteroatoms. The molecule has 1 aromatic heterocycles. The number of carbonyl (C=O) groups is 2. The van der Waals surface area contributed by atoms with Crippen molar-refractivity contribution in [2.24, 2.45) is 10.9 Å². The molecule has 4 N–H and O–H groups in total. The van der Waals surface area contributed by atoms with Crippen molar-refractivity contribution < 1.29 is 19.4 Å². The number of fused-ring (bicyclic) bond motifs is 1. The highest BCUT2D eigenvalue weighted by molar-refractivity contribution is 6.38. The number of amidine groups is 1. The topological polar surface area (TPSA) is 128 Å². The van der Waals surface area contributed by atoms with E-state index in [0.29, 0.717) is 66.9 Å². The fraction of sp³-hybridized carbons (Fsp3) is 0.436. The molecular formula is C39H44Cl2N6O4. The number of methoxy groups -OCH3 is 1. The predicted octanol–water partition coefficient (Wildman–Crippen LogP) is 5.85. The van der Waals surface area contributed by atoms with Gasteiger partial charge in [0.25, 0.3) is 0 Å². The second kappa shape index (κ2) is 14.7. The molecule has 1 saturated heterocycles. The zero-order valence-electron chi connectivity index (χ0n) is 29.1. The van der Waals surface area contributed by atoms with Crippen LogP contribution < -0.4 is 20.7 Å². The number of rotatable bonds is 11. The number of pyridine rings is 1. The van der Waals surface area contributed by atoms with E-state index in [1.807, 2.05) is 74.7 Å². The molecule has 268 valence electrons. The van der Waals surface area contributed by atoms with Gasteiger partial charge in [0.15, 0.2) is 0 Å². The van der Waals surface area contributed by atoms with Crippen molar-refractivity contribution in [3.8, 4) is 28.3 Å². The van der Waals surface area contributed by atoms with Crippen LogP contribution in [0.25, 0.3) is 22.4 Å². The number of aromatic nitrogens is 1. The summed E-state index contributed by atoms with van der Waals surface area (Å²) >= 11 is 14.3. The van der Waals surface area contributed by atoms with E-state index in [0.717, 1.165) is 40.1 Å². The van der Waals surface area contributed by atoms with Gasteiger partial charge in [-0.3, -0.25) is 19.5 Å². The van der Waals surface area contributed by atoms with E-state index in [9.17, 15) is 14.7 Å². The van der Waals surface area contributed by atoms with Crippen molar-refractivity contribution in [3.63, 3.8) is 0 Å². The highest BCUT2D eigenvalue weighted by atomic mass is 35.5. The normalized spacial score (nSPS) is 27.1. The molecule has 3 aliphatic heterocycles. The van der Waals surface area contributed by atoms with Gasteiger partial charge >= 0.3 is 0 Å². The Balaban J connectivity index is 1.07. The van der Waals surface area contributed by atoms with Gasteiger partial charge in [0.2, 0.25) is 17.7 Å². The van der Waals surface area contributed by atoms with E-state index in [1.165, 1.54) is 0 Å². The Morgan fingerprint density at radius 1 is 1.04 bits per heavy atom. The van der Waals surface area contributed by atoms with Crippen LogP contribution in [-0.4, -0.2) is 76.6 Å². The van der Waals surface area contributed by atoms with Gasteiger partial charge in [0.05, 0.1) is 40.4 Å². The van der Waals surface area contributed by atoms with E-state index in [4.69, 9.17) is 37.9 Å². The molecule has 0 bridgehead atoms. The van der Waals surface area contributed by atoms with Gasteiger partial charge in [0.1, 0.15) is 5.84 Å². The van der Waals surface area contributed by atoms with E-state index < -0.39 is 5.60 Å². The lowest BCUT2D eigenvalue weighted by atomic mass is 9.77. The number of nitrogens with one attached hydrogen (secondary N) is 3. The summed E-state index contributed by atoms with van der Waals surface area (Å²) in [5, 5.41) is 21.0. The van der Waals surface area contributed by atoms with E-state index in [1.54, 1.807) is 12.0 Å². The molecule has 4 atom stereocenters. The van der Waals surface area contributed by atoms with Crippen molar-refractivity contribution in [1.82, 2.24) is 25.8 Å². The largest absolute Gasteiger partial charge is 0.481 e. The molecule has 2 aromatic carbocycles. The number of carbonyl (C=O) groups excluding carboxylic acids is 2. The minimum Gasteiger partial charge on any atom is -0.481 e. The molecule has 1 saturated carbocycles. The summed E-state index contributed by atoms with van der Waals surface area (Å²) in [5.74, 6) is 1.05. The Labute approximate surface area is 308 Å². The summed E-state index contributed by atoms with van der Waals surface area (Å²) in [7, 11) is 1.60. The number of benzene rings is 2. The van der Waals surface area contributed by atoms with E-state index in [2.05, 4.69) is 16.0 Å². The fourth-order valence-electron chi connectivity index (χ4n) is 7.70. The standard InChI is InChI=1S/C39H44Cl2N6O4/c1-22-31(21-43-26-17-39(2,50)18-26)38(49)47-15-14-23(16-33(47)44-22)27-6-4-7-28(35(27)40)29-8-5-9-30(36(29)41)32-12-10-24(37(46-32)51-3)19-42-20-25-11-13-34(48)45-25/h4-10,12,14-15,22-23,25-26,31,42-43,50H,11,13,16-21H2,1-3H3,(H,45,48)/t22-,23?,25+,26-,31?,39-/m1/s1.